The van der Waals surface area contributed by atoms with Crippen molar-refractivity contribution in [2.75, 3.05) is 13.7 Å². The van der Waals surface area contributed by atoms with Crippen molar-refractivity contribution < 1.29 is 4.74 Å². The SMILES string of the molecule is COCC(CC1=CCCCC1)NN. The summed E-state index contributed by atoms with van der Waals surface area (Å²) in [7, 11) is 1.71. The summed E-state index contributed by atoms with van der Waals surface area (Å²) in [6, 6.07) is 0.273. The first-order chi connectivity index (χ1) is 6.36. The van der Waals surface area contributed by atoms with E-state index < -0.39 is 0 Å². The zero-order valence-corrected chi connectivity index (χ0v) is 8.38. The van der Waals surface area contributed by atoms with Crippen molar-refractivity contribution in [2.24, 2.45) is 5.84 Å². The molecule has 0 fully saturated rings. The topological polar surface area (TPSA) is 47.3 Å². The zero-order chi connectivity index (χ0) is 9.52. The van der Waals surface area contributed by atoms with Gasteiger partial charge in [-0.3, -0.25) is 11.3 Å². The van der Waals surface area contributed by atoms with Crippen molar-refractivity contribution in [1.82, 2.24) is 5.43 Å². The molecule has 3 heteroatoms. The molecular formula is C10H20N2O. The van der Waals surface area contributed by atoms with Crippen LogP contribution in [0.1, 0.15) is 32.1 Å². The smallest absolute Gasteiger partial charge is 0.0632 e. The van der Waals surface area contributed by atoms with Gasteiger partial charge >= 0.3 is 0 Å². The van der Waals surface area contributed by atoms with Crippen molar-refractivity contribution in [3.8, 4) is 0 Å². The predicted molar refractivity (Wildman–Crippen MR) is 54.2 cm³/mol. The molecule has 0 aromatic heterocycles. The van der Waals surface area contributed by atoms with Crippen LogP contribution in [0.25, 0.3) is 0 Å². The number of rotatable bonds is 5. The number of allylic oxidation sites excluding steroid dienone is 1. The molecule has 1 unspecified atom stereocenters. The molecule has 3 N–H and O–H groups in total. The Hall–Kier alpha value is -0.380. The Labute approximate surface area is 80.3 Å². The lowest BCUT2D eigenvalue weighted by atomic mass is 9.95. The molecular weight excluding hydrogens is 164 g/mol. The van der Waals surface area contributed by atoms with E-state index in [2.05, 4.69) is 11.5 Å². The molecule has 0 aromatic carbocycles. The van der Waals surface area contributed by atoms with Gasteiger partial charge in [0.1, 0.15) is 0 Å². The number of ether oxygens (including phenoxy) is 1. The summed E-state index contributed by atoms with van der Waals surface area (Å²) in [6.07, 6.45) is 8.53. The first-order valence-electron chi connectivity index (χ1n) is 4.99. The summed E-state index contributed by atoms with van der Waals surface area (Å²) in [5.41, 5.74) is 4.32. The largest absolute Gasteiger partial charge is 0.383 e. The van der Waals surface area contributed by atoms with E-state index in [4.69, 9.17) is 10.6 Å². The molecule has 13 heavy (non-hydrogen) atoms. The molecule has 76 valence electrons. The first kappa shape index (κ1) is 10.7. The van der Waals surface area contributed by atoms with Gasteiger partial charge in [0.15, 0.2) is 0 Å². The zero-order valence-electron chi connectivity index (χ0n) is 8.38. The van der Waals surface area contributed by atoms with Gasteiger partial charge in [0.25, 0.3) is 0 Å². The lowest BCUT2D eigenvalue weighted by Crippen LogP contribution is -2.38. The highest BCUT2D eigenvalue weighted by Crippen LogP contribution is 2.21. The number of nitrogens with one attached hydrogen (secondary N) is 1. The van der Waals surface area contributed by atoms with Gasteiger partial charge in [-0.05, 0) is 32.1 Å². The van der Waals surface area contributed by atoms with Crippen LogP contribution in [-0.4, -0.2) is 19.8 Å². The van der Waals surface area contributed by atoms with Gasteiger partial charge in [0, 0.05) is 13.2 Å². The normalized spacial score (nSPS) is 19.7. The maximum Gasteiger partial charge on any atom is 0.0632 e. The van der Waals surface area contributed by atoms with Gasteiger partial charge in [0.05, 0.1) is 6.61 Å². The molecule has 0 radical (unpaired) electrons. The second-order valence-electron chi connectivity index (χ2n) is 3.63. The van der Waals surface area contributed by atoms with E-state index in [1.54, 1.807) is 7.11 Å². The lowest BCUT2D eigenvalue weighted by Gasteiger charge is -2.19. The quantitative estimate of drug-likeness (QED) is 0.385. The molecule has 0 spiro atoms. The van der Waals surface area contributed by atoms with Crippen LogP contribution < -0.4 is 11.3 Å². The fourth-order valence-corrected chi connectivity index (χ4v) is 1.77. The van der Waals surface area contributed by atoms with E-state index in [-0.39, 0.29) is 6.04 Å². The first-order valence-corrected chi connectivity index (χ1v) is 4.99. The van der Waals surface area contributed by atoms with Crippen molar-refractivity contribution in [2.45, 2.75) is 38.1 Å². The summed E-state index contributed by atoms with van der Waals surface area (Å²) < 4.78 is 5.07. The van der Waals surface area contributed by atoms with E-state index in [0.29, 0.717) is 6.61 Å². The van der Waals surface area contributed by atoms with E-state index in [1.807, 2.05) is 0 Å². The Morgan fingerprint density at radius 2 is 2.46 bits per heavy atom. The van der Waals surface area contributed by atoms with Gasteiger partial charge in [-0.1, -0.05) is 11.6 Å². The Morgan fingerprint density at radius 1 is 1.62 bits per heavy atom. The van der Waals surface area contributed by atoms with Crippen molar-refractivity contribution in [1.29, 1.82) is 0 Å². The minimum atomic E-state index is 0.273. The minimum Gasteiger partial charge on any atom is -0.383 e. The Bertz CT molecular complexity index is 168. The van der Waals surface area contributed by atoms with Crippen LogP contribution in [-0.2, 0) is 4.74 Å². The molecule has 0 saturated carbocycles. The van der Waals surface area contributed by atoms with Crippen LogP contribution >= 0.6 is 0 Å². The lowest BCUT2D eigenvalue weighted by molar-refractivity contribution is 0.166. The standard InChI is InChI=1S/C10H20N2O/c1-13-8-10(12-11)7-9-5-3-2-4-6-9/h5,10,12H,2-4,6-8,11H2,1H3. The molecule has 1 aliphatic rings. The van der Waals surface area contributed by atoms with Crippen molar-refractivity contribution in [3.05, 3.63) is 11.6 Å². The van der Waals surface area contributed by atoms with Crippen LogP contribution in [0.5, 0.6) is 0 Å². The third-order valence-electron chi connectivity index (χ3n) is 2.50. The predicted octanol–water partition coefficient (Wildman–Crippen LogP) is 1.36. The summed E-state index contributed by atoms with van der Waals surface area (Å²) >= 11 is 0. The number of hydrogen-bond acceptors (Lipinski definition) is 3. The number of hydrogen-bond donors (Lipinski definition) is 2. The fraction of sp³-hybridized carbons (Fsp3) is 0.800. The van der Waals surface area contributed by atoms with Crippen LogP contribution in [0.2, 0.25) is 0 Å². The molecule has 3 nitrogen and oxygen atoms in total. The van der Waals surface area contributed by atoms with E-state index in [0.717, 1.165) is 6.42 Å². The van der Waals surface area contributed by atoms with E-state index in [1.165, 1.54) is 31.3 Å². The van der Waals surface area contributed by atoms with Crippen LogP contribution in [0.4, 0.5) is 0 Å². The summed E-state index contributed by atoms with van der Waals surface area (Å²) in [5, 5.41) is 0. The van der Waals surface area contributed by atoms with Gasteiger partial charge in [-0.25, -0.2) is 0 Å². The van der Waals surface area contributed by atoms with E-state index >= 15 is 0 Å². The summed E-state index contributed by atoms with van der Waals surface area (Å²) in [4.78, 5) is 0. The molecule has 0 aromatic rings. The van der Waals surface area contributed by atoms with Gasteiger partial charge in [0.2, 0.25) is 0 Å². The van der Waals surface area contributed by atoms with Crippen LogP contribution in [0, 0.1) is 0 Å². The van der Waals surface area contributed by atoms with Crippen molar-refractivity contribution >= 4 is 0 Å². The van der Waals surface area contributed by atoms with Crippen molar-refractivity contribution in [3.63, 3.8) is 0 Å². The highest BCUT2D eigenvalue weighted by Gasteiger charge is 2.10. The number of hydrazine groups is 1. The molecule has 0 aliphatic heterocycles. The number of methoxy groups -OCH3 is 1. The molecule has 1 atom stereocenters. The van der Waals surface area contributed by atoms with Gasteiger partial charge in [-0.2, -0.15) is 0 Å². The third-order valence-corrected chi connectivity index (χ3v) is 2.50. The monoisotopic (exact) mass is 184 g/mol. The Kier molecular flexibility index (Phi) is 5.05. The average Bonchev–Trinajstić information content (AvgIpc) is 2.19. The van der Waals surface area contributed by atoms with Crippen LogP contribution in [0.15, 0.2) is 11.6 Å². The highest BCUT2D eigenvalue weighted by molar-refractivity contribution is 5.06. The average molecular weight is 184 g/mol. The summed E-state index contributed by atoms with van der Waals surface area (Å²) in [6.45, 7) is 0.688. The minimum absolute atomic E-state index is 0.273. The maximum absolute atomic E-state index is 5.42. The fourth-order valence-electron chi connectivity index (χ4n) is 1.77. The summed E-state index contributed by atoms with van der Waals surface area (Å²) in [5.74, 6) is 5.42. The third kappa shape index (κ3) is 3.89. The molecule has 0 amide bonds. The molecule has 0 bridgehead atoms. The maximum atomic E-state index is 5.42. The Balaban J connectivity index is 2.31. The number of nitrogens with two attached hydrogens (primary N) is 1. The van der Waals surface area contributed by atoms with E-state index in [9.17, 15) is 0 Å². The van der Waals surface area contributed by atoms with Gasteiger partial charge in [-0.15, -0.1) is 0 Å². The van der Waals surface area contributed by atoms with Gasteiger partial charge < -0.3 is 4.74 Å². The molecule has 0 saturated heterocycles. The van der Waals surface area contributed by atoms with Crippen LogP contribution in [0.3, 0.4) is 0 Å². The Morgan fingerprint density at radius 3 is 3.00 bits per heavy atom. The second-order valence-corrected chi connectivity index (χ2v) is 3.63. The molecule has 0 heterocycles. The second kappa shape index (κ2) is 6.13. The molecule has 1 aliphatic carbocycles. The molecule has 1 rings (SSSR count). The highest BCUT2D eigenvalue weighted by atomic mass is 16.5.